The molecule has 3 unspecified atom stereocenters. The second-order valence-electron chi connectivity index (χ2n) is 6.89. The zero-order valence-electron chi connectivity index (χ0n) is 15.2. The standard InChI is InChI=1S/C17H33NO7/c1-2-17(12-22-7-15-9-24-15,13-23-8-16-10-25-16)11-21-6-14(20)5-18-3-4-19/h14-16,18-20H,2-13H2,1H3. The topological polar surface area (TPSA) is 105 Å². The first-order valence-corrected chi connectivity index (χ1v) is 9.13. The molecule has 0 bridgehead atoms. The zero-order chi connectivity index (χ0) is 18.0. The minimum atomic E-state index is -0.609. The molecule has 2 fully saturated rings. The molecule has 8 nitrogen and oxygen atoms in total. The summed E-state index contributed by atoms with van der Waals surface area (Å²) in [5, 5.41) is 21.6. The fourth-order valence-electron chi connectivity index (χ4n) is 2.39. The lowest BCUT2D eigenvalue weighted by Gasteiger charge is -2.32. The van der Waals surface area contributed by atoms with E-state index in [0.29, 0.717) is 46.1 Å². The van der Waals surface area contributed by atoms with Crippen LogP contribution in [0.4, 0.5) is 0 Å². The van der Waals surface area contributed by atoms with Crippen molar-refractivity contribution >= 4 is 0 Å². The molecule has 25 heavy (non-hydrogen) atoms. The number of hydrogen-bond acceptors (Lipinski definition) is 8. The van der Waals surface area contributed by atoms with Crippen LogP contribution in [-0.2, 0) is 23.7 Å². The van der Waals surface area contributed by atoms with Crippen LogP contribution in [0.2, 0.25) is 0 Å². The highest BCUT2D eigenvalue weighted by molar-refractivity contribution is 4.80. The van der Waals surface area contributed by atoms with E-state index in [1.165, 1.54) is 0 Å². The van der Waals surface area contributed by atoms with E-state index in [4.69, 9.17) is 28.8 Å². The molecule has 2 heterocycles. The Morgan fingerprint density at radius 2 is 1.64 bits per heavy atom. The van der Waals surface area contributed by atoms with Crippen molar-refractivity contribution < 1.29 is 33.9 Å². The van der Waals surface area contributed by atoms with E-state index >= 15 is 0 Å². The molecule has 2 rings (SSSR count). The van der Waals surface area contributed by atoms with E-state index in [2.05, 4.69) is 12.2 Å². The summed E-state index contributed by atoms with van der Waals surface area (Å²) >= 11 is 0. The Hall–Kier alpha value is -0.320. The lowest BCUT2D eigenvalue weighted by molar-refractivity contribution is -0.0853. The van der Waals surface area contributed by atoms with Crippen LogP contribution in [-0.4, -0.2) is 101 Å². The van der Waals surface area contributed by atoms with Gasteiger partial charge in [-0.15, -0.1) is 0 Å². The first kappa shape index (κ1) is 21.0. The molecule has 2 saturated heterocycles. The van der Waals surface area contributed by atoms with Gasteiger partial charge in [0.2, 0.25) is 0 Å². The fourth-order valence-corrected chi connectivity index (χ4v) is 2.39. The van der Waals surface area contributed by atoms with Crippen LogP contribution in [0.25, 0.3) is 0 Å². The molecule has 0 aromatic carbocycles. The summed E-state index contributed by atoms with van der Waals surface area (Å²) in [5.74, 6) is 0. The summed E-state index contributed by atoms with van der Waals surface area (Å²) in [6, 6.07) is 0. The minimum Gasteiger partial charge on any atom is -0.395 e. The summed E-state index contributed by atoms with van der Waals surface area (Å²) in [6.07, 6.45) is 0.706. The van der Waals surface area contributed by atoms with Gasteiger partial charge in [-0.3, -0.25) is 0 Å². The molecule has 8 heteroatoms. The lowest BCUT2D eigenvalue weighted by atomic mass is 9.88. The molecular formula is C17H33NO7. The maximum Gasteiger partial charge on any atom is 0.104 e. The van der Waals surface area contributed by atoms with Crippen LogP contribution >= 0.6 is 0 Å². The number of rotatable bonds is 17. The van der Waals surface area contributed by atoms with Gasteiger partial charge in [-0.25, -0.2) is 0 Å². The molecule has 0 saturated carbocycles. The normalized spacial score (nSPS) is 25.6. The molecule has 0 spiro atoms. The van der Waals surface area contributed by atoms with E-state index < -0.39 is 6.10 Å². The lowest BCUT2D eigenvalue weighted by Crippen LogP contribution is -2.39. The second-order valence-corrected chi connectivity index (χ2v) is 6.89. The monoisotopic (exact) mass is 363 g/mol. The van der Waals surface area contributed by atoms with Gasteiger partial charge in [0.1, 0.15) is 12.2 Å². The fraction of sp³-hybridized carbons (Fsp3) is 1.00. The van der Waals surface area contributed by atoms with Crippen LogP contribution < -0.4 is 5.32 Å². The maximum atomic E-state index is 9.89. The average molecular weight is 363 g/mol. The van der Waals surface area contributed by atoms with Gasteiger partial charge in [-0.2, -0.15) is 0 Å². The molecule has 3 atom stereocenters. The number of aliphatic hydroxyl groups excluding tert-OH is 2. The largest absolute Gasteiger partial charge is 0.395 e. The summed E-state index contributed by atoms with van der Waals surface area (Å²) in [7, 11) is 0. The Labute approximate surface area is 149 Å². The van der Waals surface area contributed by atoms with Crippen molar-refractivity contribution in [2.24, 2.45) is 5.41 Å². The molecule has 0 aromatic heterocycles. The Kier molecular flexibility index (Phi) is 9.57. The smallest absolute Gasteiger partial charge is 0.104 e. The van der Waals surface area contributed by atoms with Crippen molar-refractivity contribution in [1.29, 1.82) is 0 Å². The van der Waals surface area contributed by atoms with Crippen molar-refractivity contribution in [2.75, 3.05) is 72.6 Å². The van der Waals surface area contributed by atoms with Gasteiger partial charge in [0.05, 0.1) is 65.6 Å². The Bertz CT molecular complexity index is 332. The van der Waals surface area contributed by atoms with Crippen LogP contribution in [0.5, 0.6) is 0 Å². The minimum absolute atomic E-state index is 0.0522. The molecule has 148 valence electrons. The zero-order valence-corrected chi connectivity index (χ0v) is 15.2. The Morgan fingerprint density at radius 1 is 1.08 bits per heavy atom. The van der Waals surface area contributed by atoms with Gasteiger partial charge >= 0.3 is 0 Å². The number of aliphatic hydroxyl groups is 2. The molecule has 2 aliphatic rings. The number of nitrogens with one attached hydrogen (secondary N) is 1. The number of epoxide rings is 2. The number of ether oxygens (including phenoxy) is 5. The third kappa shape index (κ3) is 9.25. The highest BCUT2D eigenvalue weighted by Crippen LogP contribution is 2.25. The Morgan fingerprint density at radius 3 is 2.12 bits per heavy atom. The molecule has 3 N–H and O–H groups in total. The van der Waals surface area contributed by atoms with Gasteiger partial charge in [-0.1, -0.05) is 6.92 Å². The van der Waals surface area contributed by atoms with E-state index in [1.807, 2.05) is 0 Å². The van der Waals surface area contributed by atoms with E-state index in [1.54, 1.807) is 0 Å². The third-order valence-corrected chi connectivity index (χ3v) is 4.37. The first-order chi connectivity index (χ1) is 12.2. The van der Waals surface area contributed by atoms with Crippen molar-refractivity contribution in [3.63, 3.8) is 0 Å². The molecular weight excluding hydrogens is 330 g/mol. The van der Waals surface area contributed by atoms with E-state index in [0.717, 1.165) is 19.6 Å². The van der Waals surface area contributed by atoms with Crippen molar-refractivity contribution in [3.8, 4) is 0 Å². The maximum absolute atomic E-state index is 9.89. The summed E-state index contributed by atoms with van der Waals surface area (Å²) in [5.41, 5.74) is -0.248. The second kappa shape index (κ2) is 11.4. The van der Waals surface area contributed by atoms with Crippen molar-refractivity contribution in [2.45, 2.75) is 31.7 Å². The van der Waals surface area contributed by atoms with E-state index in [-0.39, 0.29) is 30.8 Å². The highest BCUT2D eigenvalue weighted by Gasteiger charge is 2.33. The summed E-state index contributed by atoms with van der Waals surface area (Å²) < 4.78 is 27.7. The summed E-state index contributed by atoms with van der Waals surface area (Å²) in [4.78, 5) is 0. The van der Waals surface area contributed by atoms with Crippen LogP contribution in [0, 0.1) is 5.41 Å². The molecule has 0 aliphatic carbocycles. The molecule has 0 aromatic rings. The summed E-state index contributed by atoms with van der Waals surface area (Å²) in [6.45, 7) is 7.51. The molecule has 0 radical (unpaired) electrons. The predicted octanol–water partition coefficient (Wildman–Crippen LogP) is -0.827. The van der Waals surface area contributed by atoms with Crippen LogP contribution in [0.1, 0.15) is 13.3 Å². The molecule has 0 amide bonds. The van der Waals surface area contributed by atoms with Crippen molar-refractivity contribution in [1.82, 2.24) is 5.32 Å². The van der Waals surface area contributed by atoms with Crippen LogP contribution in [0.15, 0.2) is 0 Å². The molecule has 2 aliphatic heterocycles. The van der Waals surface area contributed by atoms with E-state index in [9.17, 15) is 5.11 Å². The Balaban J connectivity index is 1.69. The SMILES string of the molecule is CCC(COCC(O)CNCCO)(COCC1CO1)COCC1CO1. The first-order valence-electron chi connectivity index (χ1n) is 9.13. The van der Waals surface area contributed by atoms with Gasteiger partial charge in [0, 0.05) is 18.5 Å². The average Bonchev–Trinajstić information content (AvgIpc) is 3.50. The van der Waals surface area contributed by atoms with Gasteiger partial charge in [-0.05, 0) is 6.42 Å². The number of hydrogen-bond donors (Lipinski definition) is 3. The van der Waals surface area contributed by atoms with Gasteiger partial charge < -0.3 is 39.2 Å². The van der Waals surface area contributed by atoms with Gasteiger partial charge in [0.25, 0.3) is 0 Å². The van der Waals surface area contributed by atoms with Gasteiger partial charge in [0.15, 0.2) is 0 Å². The van der Waals surface area contributed by atoms with Crippen molar-refractivity contribution in [3.05, 3.63) is 0 Å². The van der Waals surface area contributed by atoms with Crippen LogP contribution in [0.3, 0.4) is 0 Å². The quantitative estimate of drug-likeness (QED) is 0.227. The third-order valence-electron chi connectivity index (χ3n) is 4.37. The highest BCUT2D eigenvalue weighted by atomic mass is 16.6. The predicted molar refractivity (Wildman–Crippen MR) is 90.6 cm³/mol.